The summed E-state index contributed by atoms with van der Waals surface area (Å²) in [6.07, 6.45) is -3.16. The number of aromatic nitrogens is 4. The second-order valence-electron chi connectivity index (χ2n) is 10.5. The van der Waals surface area contributed by atoms with Crippen LogP contribution in [0.4, 0.5) is 10.7 Å². The molecule has 7 atom stereocenters. The normalized spacial score (nSPS) is 27.9. The molecule has 3 amide bonds. The van der Waals surface area contributed by atoms with Crippen LogP contribution in [0.2, 0.25) is 0 Å². The highest BCUT2D eigenvalue weighted by Gasteiger charge is 2.54. The molecule has 0 aliphatic carbocycles. The van der Waals surface area contributed by atoms with Crippen LogP contribution in [0.1, 0.15) is 33.9 Å². The van der Waals surface area contributed by atoms with Crippen molar-refractivity contribution in [3.63, 3.8) is 0 Å². The molecule has 2 aliphatic heterocycles. The van der Waals surface area contributed by atoms with Crippen molar-refractivity contribution < 1.29 is 47.9 Å². The fourth-order valence-corrected chi connectivity index (χ4v) is 8.43. The van der Waals surface area contributed by atoms with Crippen molar-refractivity contribution >= 4 is 53.1 Å². The molecule has 238 valence electrons. The summed E-state index contributed by atoms with van der Waals surface area (Å²) in [6.45, 7) is 1.49. The molecule has 0 aromatic carbocycles. The van der Waals surface area contributed by atoms with E-state index < -0.39 is 73.5 Å². The highest BCUT2D eigenvalue weighted by atomic mass is 32.7. The summed E-state index contributed by atoms with van der Waals surface area (Å²) in [5.41, 5.74) is 4.27. The average Bonchev–Trinajstić information content (AvgIpc) is 3.52. The number of amides is 3. The molecule has 3 unspecified atom stereocenters. The molecule has 2 aromatic rings. The largest absolute Gasteiger partial charge is 0.479 e. The molecule has 4 heterocycles. The van der Waals surface area contributed by atoms with Crippen LogP contribution in [0.5, 0.6) is 5.88 Å². The smallest absolute Gasteiger partial charge is 0.327 e. The summed E-state index contributed by atoms with van der Waals surface area (Å²) < 4.78 is 37.5. The molecule has 2 aromatic heterocycles. The Morgan fingerprint density at radius 1 is 1.35 bits per heavy atom. The lowest BCUT2D eigenvalue weighted by Crippen LogP contribution is -2.44. The lowest BCUT2D eigenvalue weighted by molar-refractivity contribution is -0.149. The zero-order valence-corrected chi connectivity index (χ0v) is 26.0. The van der Waals surface area contributed by atoms with Gasteiger partial charge >= 0.3 is 18.7 Å². The second-order valence-corrected chi connectivity index (χ2v) is 14.8. The summed E-state index contributed by atoms with van der Waals surface area (Å²) >= 11 is 0.686. The van der Waals surface area contributed by atoms with Crippen molar-refractivity contribution in [1.29, 1.82) is 0 Å². The molecule has 0 saturated carbocycles. The number of nitrogen functional groups attached to an aromatic ring is 1. The molecule has 18 nitrogen and oxygen atoms in total. The number of fused-ring (bicyclic) bond motifs is 1. The molecule has 0 radical (unpaired) electrons. The van der Waals surface area contributed by atoms with Gasteiger partial charge in [0, 0.05) is 12.8 Å². The number of ether oxygens (including phenoxy) is 3. The molecule has 2 aliphatic rings. The molecule has 0 spiro atoms. The number of urea groups is 1. The number of imidazole rings is 1. The lowest BCUT2D eigenvalue weighted by atomic mass is 9.96. The topological polar surface area (TPSA) is 243 Å². The summed E-state index contributed by atoms with van der Waals surface area (Å²) in [5, 5.41) is 27.1. The van der Waals surface area contributed by atoms with Crippen LogP contribution in [-0.4, -0.2) is 115 Å². The van der Waals surface area contributed by atoms with Crippen molar-refractivity contribution in [3.05, 3.63) is 6.33 Å². The summed E-state index contributed by atoms with van der Waals surface area (Å²) in [5.74, 6) is -1.46. The van der Waals surface area contributed by atoms with E-state index in [4.69, 9.17) is 24.5 Å². The van der Waals surface area contributed by atoms with E-state index in [0.717, 1.165) is 4.90 Å². The van der Waals surface area contributed by atoms with E-state index in [9.17, 15) is 29.2 Å². The quantitative estimate of drug-likeness (QED) is 0.114. The van der Waals surface area contributed by atoms with Crippen molar-refractivity contribution in [2.45, 2.75) is 69.9 Å². The molecule has 4 rings (SSSR count). The monoisotopic (exact) mass is 646 g/mol. The first kappa shape index (κ1) is 32.8. The Balaban J connectivity index is 1.54. The zero-order valence-electron chi connectivity index (χ0n) is 24.3. The molecule has 20 heteroatoms. The predicted octanol–water partition coefficient (Wildman–Crippen LogP) is -0.236. The second kappa shape index (κ2) is 12.5. The van der Waals surface area contributed by atoms with Gasteiger partial charge in [0.15, 0.2) is 17.4 Å². The Morgan fingerprint density at radius 2 is 2.05 bits per heavy atom. The third-order valence-corrected chi connectivity index (χ3v) is 10.9. The van der Waals surface area contributed by atoms with E-state index >= 15 is 0 Å². The third kappa shape index (κ3) is 6.72. The lowest BCUT2D eigenvalue weighted by Gasteiger charge is -2.27. The molecular formula is C23H35N8O10PS. The standard InChI is InChI=1S/C23H35N8O10PS/c1-10(2)40-19(34)11(3)29-42(37,43-8-12-17(33)27-22(35)30(12)5)39-7-13-15(32)23(4,36)20(41-13)31-9-25-14-16(31)26-21(24)28-18(14)38-6/h9-13,15,20,32,36H,7-8H2,1-6H3,(H,29,37)(H2,24,26,28)(H,27,33,35)/t11-,12+,13?,15-,20?,23-,42?/m1/s1. The number of nitrogens with zero attached hydrogens (tertiary/aromatic N) is 5. The molecule has 2 saturated heterocycles. The highest BCUT2D eigenvalue weighted by Crippen LogP contribution is 2.57. The number of methoxy groups -OCH3 is 1. The zero-order chi connectivity index (χ0) is 31.9. The van der Waals surface area contributed by atoms with Crippen LogP contribution >= 0.6 is 18.1 Å². The van der Waals surface area contributed by atoms with Crippen LogP contribution in [-0.2, 0) is 28.2 Å². The number of rotatable bonds is 12. The maximum Gasteiger partial charge on any atom is 0.327 e. The van der Waals surface area contributed by atoms with Gasteiger partial charge in [-0.15, -0.1) is 0 Å². The van der Waals surface area contributed by atoms with Gasteiger partial charge in [-0.3, -0.25) is 24.0 Å². The minimum absolute atomic E-state index is 0.0942. The number of anilines is 1. The van der Waals surface area contributed by atoms with E-state index in [2.05, 4.69) is 25.4 Å². The number of hydrogen-bond acceptors (Lipinski definition) is 15. The Morgan fingerprint density at radius 3 is 2.65 bits per heavy atom. The number of aliphatic hydroxyl groups excluding tert-OH is 1. The van der Waals surface area contributed by atoms with Crippen LogP contribution in [0.3, 0.4) is 0 Å². The van der Waals surface area contributed by atoms with Gasteiger partial charge in [-0.25, -0.2) is 14.9 Å². The molecule has 0 bridgehead atoms. The SMILES string of the molecule is COc1nc(N)nc2c1ncn2C1OC(COP(=O)(N[C@H](C)C(=O)OC(C)C)SC[C@H]2C(=O)NC(=O)N2C)[C@@H](O)[C@@]1(C)O. The number of hydrogen-bond donors (Lipinski definition) is 5. The Hall–Kier alpha value is -3.06. The third-order valence-electron chi connectivity index (χ3n) is 6.80. The molecule has 6 N–H and O–H groups in total. The minimum atomic E-state index is -4.05. The first-order valence-corrected chi connectivity index (χ1v) is 16.3. The number of esters is 1. The van der Waals surface area contributed by atoms with Gasteiger partial charge < -0.3 is 39.6 Å². The summed E-state index contributed by atoms with van der Waals surface area (Å²) in [4.78, 5) is 50.1. The van der Waals surface area contributed by atoms with Gasteiger partial charge in [0.1, 0.15) is 29.9 Å². The van der Waals surface area contributed by atoms with Gasteiger partial charge in [0.2, 0.25) is 11.8 Å². The van der Waals surface area contributed by atoms with Crippen molar-refractivity contribution in [1.82, 2.24) is 34.8 Å². The average molecular weight is 647 g/mol. The number of nitrogens with two attached hydrogens (primary N) is 1. The first-order chi connectivity index (χ1) is 20.1. The van der Waals surface area contributed by atoms with Crippen LogP contribution in [0.15, 0.2) is 6.33 Å². The fourth-order valence-electron chi connectivity index (χ4n) is 4.46. The molecule has 43 heavy (non-hydrogen) atoms. The summed E-state index contributed by atoms with van der Waals surface area (Å²) in [6, 6.07) is -2.66. The highest BCUT2D eigenvalue weighted by molar-refractivity contribution is 8.56. The first-order valence-electron chi connectivity index (χ1n) is 13.1. The van der Waals surface area contributed by atoms with Crippen molar-refractivity contribution in [2.24, 2.45) is 0 Å². The van der Waals surface area contributed by atoms with Crippen LogP contribution < -0.4 is 20.9 Å². The van der Waals surface area contributed by atoms with Gasteiger partial charge in [0.05, 0.1) is 26.1 Å². The maximum absolute atomic E-state index is 14.0. The minimum Gasteiger partial charge on any atom is -0.479 e. The fraction of sp³-hybridized carbons (Fsp3) is 0.652. The van der Waals surface area contributed by atoms with E-state index in [1.165, 1.54) is 38.9 Å². The number of nitrogens with one attached hydrogen (secondary N) is 2. The predicted molar refractivity (Wildman–Crippen MR) is 152 cm³/mol. The number of carbonyl (C=O) groups excluding carboxylic acids is 3. The van der Waals surface area contributed by atoms with E-state index in [-0.39, 0.29) is 28.7 Å². The maximum atomic E-state index is 14.0. The van der Waals surface area contributed by atoms with Gasteiger partial charge in [0.25, 0.3) is 5.91 Å². The van der Waals surface area contributed by atoms with Crippen molar-refractivity contribution in [3.8, 4) is 5.88 Å². The molecule has 2 fully saturated rings. The van der Waals surface area contributed by atoms with Gasteiger partial charge in [-0.1, -0.05) is 11.4 Å². The van der Waals surface area contributed by atoms with Gasteiger partial charge in [-0.2, -0.15) is 9.97 Å². The van der Waals surface area contributed by atoms with Gasteiger partial charge in [-0.05, 0) is 27.7 Å². The van der Waals surface area contributed by atoms with Crippen LogP contribution in [0.25, 0.3) is 11.2 Å². The number of likely N-dealkylation sites (N-methyl/N-ethyl adjacent to an activating group) is 1. The number of carbonyl (C=O) groups is 3. The number of imide groups is 1. The Kier molecular flexibility index (Phi) is 9.55. The van der Waals surface area contributed by atoms with E-state index in [1.807, 2.05) is 0 Å². The number of aliphatic hydroxyl groups is 2. The summed E-state index contributed by atoms with van der Waals surface area (Å²) in [7, 11) is 2.79. The Bertz CT molecular complexity index is 1440. The Labute approximate surface area is 250 Å². The van der Waals surface area contributed by atoms with Crippen LogP contribution in [0, 0.1) is 0 Å². The van der Waals surface area contributed by atoms with Crippen molar-refractivity contribution in [2.75, 3.05) is 32.3 Å². The van der Waals surface area contributed by atoms with E-state index in [0.29, 0.717) is 11.4 Å². The van der Waals surface area contributed by atoms with E-state index in [1.54, 1.807) is 13.8 Å². The molecular weight excluding hydrogens is 611 g/mol.